The van der Waals surface area contributed by atoms with Gasteiger partial charge in [-0.25, -0.2) is 0 Å². The number of carbonyl (C=O) groups excluding carboxylic acids is 1. The zero-order chi connectivity index (χ0) is 21.2. The SMILES string of the molecule is C[C@H](NC(=O)[C@H](Cc1ccc2c(c1)oc1ccccc12)NCP(=O)(O)O)C(=O)O. The molecule has 0 aliphatic rings. The Morgan fingerprint density at radius 2 is 1.79 bits per heavy atom. The van der Waals surface area contributed by atoms with Crippen molar-refractivity contribution in [2.75, 3.05) is 6.29 Å². The molecule has 1 aromatic heterocycles. The van der Waals surface area contributed by atoms with Crippen LogP contribution in [0.1, 0.15) is 12.5 Å². The van der Waals surface area contributed by atoms with Crippen molar-refractivity contribution in [2.24, 2.45) is 0 Å². The summed E-state index contributed by atoms with van der Waals surface area (Å²) in [6, 6.07) is 10.8. The molecule has 0 aliphatic carbocycles. The smallest absolute Gasteiger partial charge is 0.339 e. The molecule has 1 heterocycles. The van der Waals surface area contributed by atoms with E-state index in [0.717, 1.165) is 16.4 Å². The summed E-state index contributed by atoms with van der Waals surface area (Å²) in [6.45, 7) is 1.31. The van der Waals surface area contributed by atoms with Gasteiger partial charge in [0.25, 0.3) is 0 Å². The maximum atomic E-state index is 12.5. The van der Waals surface area contributed by atoms with Gasteiger partial charge in [-0.1, -0.05) is 30.3 Å². The number of carboxylic acid groups (broad SMARTS) is 1. The molecule has 2 aromatic carbocycles. The van der Waals surface area contributed by atoms with Gasteiger partial charge in [-0.2, -0.15) is 0 Å². The van der Waals surface area contributed by atoms with Crippen LogP contribution in [-0.4, -0.2) is 45.1 Å². The molecule has 0 saturated heterocycles. The third-order valence-corrected chi connectivity index (χ3v) is 5.07. The highest BCUT2D eigenvalue weighted by atomic mass is 31.2. The minimum absolute atomic E-state index is 0.0885. The van der Waals surface area contributed by atoms with E-state index in [-0.39, 0.29) is 6.42 Å². The number of para-hydroxylation sites is 1. The predicted molar refractivity (Wildman–Crippen MR) is 106 cm³/mol. The second kappa shape index (κ2) is 8.34. The molecular formula is C19H21N2O7P. The summed E-state index contributed by atoms with van der Waals surface area (Å²) in [5.41, 5.74) is 2.04. The number of hydrogen-bond donors (Lipinski definition) is 5. The van der Waals surface area contributed by atoms with Crippen molar-refractivity contribution >= 4 is 41.4 Å². The van der Waals surface area contributed by atoms with E-state index in [1.807, 2.05) is 30.3 Å². The number of nitrogens with one attached hydrogen (secondary N) is 2. The fraction of sp³-hybridized carbons (Fsp3) is 0.263. The highest BCUT2D eigenvalue weighted by Gasteiger charge is 2.25. The van der Waals surface area contributed by atoms with Gasteiger partial charge in [0.2, 0.25) is 5.91 Å². The number of carboxylic acids is 1. The lowest BCUT2D eigenvalue weighted by Crippen LogP contribution is -2.50. The van der Waals surface area contributed by atoms with E-state index >= 15 is 0 Å². The number of hydrogen-bond acceptors (Lipinski definition) is 5. The molecule has 3 aromatic rings. The molecule has 0 radical (unpaired) electrons. The molecule has 29 heavy (non-hydrogen) atoms. The molecule has 3 rings (SSSR count). The Balaban J connectivity index is 1.85. The summed E-state index contributed by atoms with van der Waals surface area (Å²) < 4.78 is 17.0. The minimum atomic E-state index is -4.40. The zero-order valence-corrected chi connectivity index (χ0v) is 16.4. The van der Waals surface area contributed by atoms with E-state index in [4.69, 9.17) is 19.3 Å². The van der Waals surface area contributed by atoms with Crippen LogP contribution in [0.25, 0.3) is 21.9 Å². The van der Waals surface area contributed by atoms with Crippen molar-refractivity contribution in [2.45, 2.75) is 25.4 Å². The number of benzene rings is 2. The molecule has 154 valence electrons. The van der Waals surface area contributed by atoms with E-state index in [9.17, 15) is 14.2 Å². The lowest BCUT2D eigenvalue weighted by molar-refractivity contribution is -0.141. The van der Waals surface area contributed by atoms with Gasteiger partial charge in [0.05, 0.1) is 12.3 Å². The van der Waals surface area contributed by atoms with E-state index in [0.29, 0.717) is 11.1 Å². The molecular weight excluding hydrogens is 399 g/mol. The first-order valence-corrected chi connectivity index (χ1v) is 10.6. The fourth-order valence-electron chi connectivity index (χ4n) is 3.00. The Kier molecular flexibility index (Phi) is 6.04. The van der Waals surface area contributed by atoms with Gasteiger partial charge >= 0.3 is 13.6 Å². The first-order chi connectivity index (χ1) is 13.6. The predicted octanol–water partition coefficient (Wildman–Crippen LogP) is 1.81. The maximum Gasteiger partial charge on any atom is 0.339 e. The number of fused-ring (bicyclic) bond motifs is 3. The van der Waals surface area contributed by atoms with Crippen molar-refractivity contribution in [3.63, 3.8) is 0 Å². The molecule has 9 nitrogen and oxygen atoms in total. The molecule has 10 heteroatoms. The van der Waals surface area contributed by atoms with Crippen molar-refractivity contribution in [3.05, 3.63) is 48.0 Å². The molecule has 1 amide bonds. The Labute approximate surface area is 165 Å². The lowest BCUT2D eigenvalue weighted by atomic mass is 10.0. The highest BCUT2D eigenvalue weighted by molar-refractivity contribution is 7.51. The molecule has 0 saturated carbocycles. The molecule has 0 unspecified atom stereocenters. The van der Waals surface area contributed by atoms with Gasteiger partial charge in [0, 0.05) is 10.8 Å². The van der Waals surface area contributed by atoms with Crippen molar-refractivity contribution in [3.8, 4) is 0 Å². The second-order valence-corrected chi connectivity index (χ2v) is 8.43. The number of furan rings is 1. The third-order valence-electron chi connectivity index (χ3n) is 4.47. The topological polar surface area (TPSA) is 149 Å². The van der Waals surface area contributed by atoms with Crippen LogP contribution >= 0.6 is 7.60 Å². The summed E-state index contributed by atoms with van der Waals surface area (Å²) >= 11 is 0. The quantitative estimate of drug-likeness (QED) is 0.347. The standard InChI is InChI=1S/C19H21N2O7P/c1-11(19(23)24)21-18(22)15(20-10-29(25,26)27)8-12-6-7-14-13-4-2-3-5-16(13)28-17(14)9-12/h2-7,9,11,15,20H,8,10H2,1H3,(H,21,22)(H,23,24)(H2,25,26,27)/t11-,15-/m0/s1. The van der Waals surface area contributed by atoms with Crippen LogP contribution in [0.4, 0.5) is 0 Å². The van der Waals surface area contributed by atoms with Crippen LogP contribution in [0.2, 0.25) is 0 Å². The molecule has 2 atom stereocenters. The molecule has 0 bridgehead atoms. The minimum Gasteiger partial charge on any atom is -0.480 e. The second-order valence-electron chi connectivity index (χ2n) is 6.78. The van der Waals surface area contributed by atoms with Crippen LogP contribution < -0.4 is 10.6 Å². The highest BCUT2D eigenvalue weighted by Crippen LogP contribution is 2.32. The molecule has 5 N–H and O–H groups in total. The normalized spacial score (nSPS) is 14.0. The maximum absolute atomic E-state index is 12.5. The van der Waals surface area contributed by atoms with Gasteiger partial charge in [0.15, 0.2) is 0 Å². The van der Waals surface area contributed by atoms with E-state index in [1.54, 1.807) is 12.1 Å². The van der Waals surface area contributed by atoms with Gasteiger partial charge < -0.3 is 24.6 Å². The largest absolute Gasteiger partial charge is 0.480 e. The van der Waals surface area contributed by atoms with Crippen LogP contribution in [0.3, 0.4) is 0 Å². The molecule has 0 aliphatic heterocycles. The summed E-state index contributed by atoms with van der Waals surface area (Å²) in [6.07, 6.45) is -0.620. The van der Waals surface area contributed by atoms with E-state index < -0.39 is 37.8 Å². The third kappa shape index (κ3) is 5.21. The zero-order valence-electron chi connectivity index (χ0n) is 15.5. The van der Waals surface area contributed by atoms with E-state index in [2.05, 4.69) is 10.6 Å². The first-order valence-electron chi connectivity index (χ1n) is 8.85. The summed E-state index contributed by atoms with van der Waals surface area (Å²) in [4.78, 5) is 41.7. The van der Waals surface area contributed by atoms with Gasteiger partial charge in [-0.3, -0.25) is 19.5 Å². The number of carbonyl (C=O) groups is 2. The summed E-state index contributed by atoms with van der Waals surface area (Å²) in [5.74, 6) is -1.88. The lowest BCUT2D eigenvalue weighted by Gasteiger charge is -2.20. The van der Waals surface area contributed by atoms with Crippen LogP contribution in [-0.2, 0) is 20.6 Å². The molecule has 0 fully saturated rings. The van der Waals surface area contributed by atoms with Crippen LogP contribution in [0.15, 0.2) is 46.9 Å². The van der Waals surface area contributed by atoms with Gasteiger partial charge in [0.1, 0.15) is 17.2 Å². The number of aliphatic carboxylic acids is 1. The molecule has 0 spiro atoms. The van der Waals surface area contributed by atoms with Crippen molar-refractivity contribution in [1.82, 2.24) is 10.6 Å². The Bertz CT molecular complexity index is 1100. The monoisotopic (exact) mass is 420 g/mol. The Morgan fingerprint density at radius 3 is 2.48 bits per heavy atom. The Hall–Kier alpha value is -2.71. The fourth-order valence-corrected chi connectivity index (χ4v) is 3.45. The van der Waals surface area contributed by atoms with Gasteiger partial charge in [-0.15, -0.1) is 0 Å². The van der Waals surface area contributed by atoms with E-state index in [1.165, 1.54) is 6.92 Å². The van der Waals surface area contributed by atoms with Crippen molar-refractivity contribution in [1.29, 1.82) is 0 Å². The first kappa shape index (κ1) is 21.0. The number of amides is 1. The number of rotatable bonds is 8. The summed E-state index contributed by atoms with van der Waals surface area (Å²) in [7, 11) is -4.40. The van der Waals surface area contributed by atoms with Crippen LogP contribution in [0, 0.1) is 0 Å². The summed E-state index contributed by atoms with van der Waals surface area (Å²) in [5, 5.41) is 15.7. The Morgan fingerprint density at radius 1 is 1.10 bits per heavy atom. The average Bonchev–Trinajstić information content (AvgIpc) is 3.01. The van der Waals surface area contributed by atoms with Crippen LogP contribution in [0.5, 0.6) is 0 Å². The average molecular weight is 420 g/mol. The van der Waals surface area contributed by atoms with Gasteiger partial charge in [-0.05, 0) is 31.0 Å². The van der Waals surface area contributed by atoms with Crippen molar-refractivity contribution < 1.29 is 33.5 Å².